The van der Waals surface area contributed by atoms with Gasteiger partial charge in [0.15, 0.2) is 0 Å². The predicted octanol–water partition coefficient (Wildman–Crippen LogP) is 6.30. The number of hydrogen-bond donors (Lipinski definition) is 0. The van der Waals surface area contributed by atoms with Crippen LogP contribution in [0.3, 0.4) is 0 Å². The van der Waals surface area contributed by atoms with E-state index in [4.69, 9.17) is 0 Å². The normalized spacial score (nSPS) is 10.2. The minimum Gasteiger partial charge on any atom is -0.0654 e. The van der Waals surface area contributed by atoms with Gasteiger partial charge < -0.3 is 0 Å². The third-order valence-electron chi connectivity index (χ3n) is 3.35. The zero-order valence-electron chi connectivity index (χ0n) is 11.9. The van der Waals surface area contributed by atoms with Gasteiger partial charge in [-0.25, -0.2) is 0 Å². The zero-order valence-corrected chi connectivity index (χ0v) is 13.0. The van der Waals surface area contributed by atoms with E-state index in [1.807, 2.05) is 0 Å². The SMILES string of the molecule is [CH2]CCCCCCCCCCCCCCC.[Co]. The van der Waals surface area contributed by atoms with E-state index in [2.05, 4.69) is 13.8 Å². The molecule has 0 aromatic rings. The summed E-state index contributed by atoms with van der Waals surface area (Å²) < 4.78 is 0. The standard InChI is InChI=1S/C16H33.Co/c1-3-5-7-9-11-13-15-16-14-12-10-8-6-4-2;/h1,3-16H2,2H3;. The average molecular weight is 284 g/mol. The Bertz CT molecular complexity index is 98.1. The topological polar surface area (TPSA) is 0 Å². The summed E-state index contributed by atoms with van der Waals surface area (Å²) in [5, 5.41) is 0. The molecule has 0 saturated heterocycles. The van der Waals surface area contributed by atoms with Crippen LogP contribution in [0.4, 0.5) is 0 Å². The van der Waals surface area contributed by atoms with Crippen molar-refractivity contribution in [2.24, 2.45) is 0 Å². The van der Waals surface area contributed by atoms with Crippen molar-refractivity contribution in [3.05, 3.63) is 6.92 Å². The molecule has 0 bridgehead atoms. The van der Waals surface area contributed by atoms with Gasteiger partial charge in [-0.1, -0.05) is 104 Å². The molecule has 0 aromatic heterocycles. The fourth-order valence-corrected chi connectivity index (χ4v) is 2.19. The monoisotopic (exact) mass is 284 g/mol. The molecule has 0 aliphatic heterocycles. The summed E-state index contributed by atoms with van der Waals surface area (Å²) in [4.78, 5) is 0. The molecule has 0 saturated carbocycles. The van der Waals surface area contributed by atoms with Crippen LogP contribution in [0.1, 0.15) is 96.8 Å². The molecule has 0 rings (SSSR count). The van der Waals surface area contributed by atoms with Crippen molar-refractivity contribution < 1.29 is 16.8 Å². The van der Waals surface area contributed by atoms with Crippen LogP contribution in [0.15, 0.2) is 0 Å². The Morgan fingerprint density at radius 1 is 0.529 bits per heavy atom. The van der Waals surface area contributed by atoms with Gasteiger partial charge in [-0.2, -0.15) is 0 Å². The van der Waals surface area contributed by atoms with Crippen molar-refractivity contribution in [3.63, 3.8) is 0 Å². The van der Waals surface area contributed by atoms with E-state index in [0.717, 1.165) is 6.42 Å². The molecule has 17 heavy (non-hydrogen) atoms. The summed E-state index contributed by atoms with van der Waals surface area (Å²) in [6.45, 7) is 6.16. The van der Waals surface area contributed by atoms with Crippen LogP contribution in [0, 0.1) is 6.92 Å². The fourth-order valence-electron chi connectivity index (χ4n) is 2.19. The van der Waals surface area contributed by atoms with Crippen molar-refractivity contribution in [1.82, 2.24) is 0 Å². The summed E-state index contributed by atoms with van der Waals surface area (Å²) in [6.07, 6.45) is 19.8. The van der Waals surface area contributed by atoms with Crippen LogP contribution >= 0.6 is 0 Å². The van der Waals surface area contributed by atoms with Crippen LogP contribution in [0.25, 0.3) is 0 Å². The van der Waals surface area contributed by atoms with E-state index in [-0.39, 0.29) is 16.8 Å². The number of rotatable bonds is 13. The number of hydrogen-bond acceptors (Lipinski definition) is 0. The van der Waals surface area contributed by atoms with Gasteiger partial charge in [0.1, 0.15) is 0 Å². The smallest absolute Gasteiger partial charge is 0 e. The van der Waals surface area contributed by atoms with E-state index in [1.165, 1.54) is 83.5 Å². The maximum atomic E-state index is 3.87. The van der Waals surface area contributed by atoms with Gasteiger partial charge in [-0.05, 0) is 0 Å². The van der Waals surface area contributed by atoms with Crippen molar-refractivity contribution in [1.29, 1.82) is 0 Å². The quantitative estimate of drug-likeness (QED) is 0.348. The Hall–Kier alpha value is 0.506. The average Bonchev–Trinajstić information content (AvgIpc) is 2.31. The van der Waals surface area contributed by atoms with Gasteiger partial charge in [-0.3, -0.25) is 0 Å². The largest absolute Gasteiger partial charge is 0.0654 e. The van der Waals surface area contributed by atoms with Gasteiger partial charge in [0.2, 0.25) is 0 Å². The molecule has 0 aromatic carbocycles. The first kappa shape index (κ1) is 19.8. The molecule has 0 fully saturated rings. The van der Waals surface area contributed by atoms with Crippen molar-refractivity contribution in [2.45, 2.75) is 96.8 Å². The molecule has 0 aliphatic rings. The second-order valence-electron chi connectivity index (χ2n) is 5.10. The number of unbranched alkanes of at least 4 members (excludes halogenated alkanes) is 13. The Kier molecular flexibility index (Phi) is 22.0. The molecule has 0 amide bonds. The molecule has 0 spiro atoms. The van der Waals surface area contributed by atoms with E-state index in [0.29, 0.717) is 0 Å². The van der Waals surface area contributed by atoms with Gasteiger partial charge in [-0.15, -0.1) is 0 Å². The minimum absolute atomic E-state index is 0. The Labute approximate surface area is 121 Å². The van der Waals surface area contributed by atoms with Gasteiger partial charge in [0.05, 0.1) is 0 Å². The van der Waals surface area contributed by atoms with Crippen molar-refractivity contribution in [3.8, 4) is 0 Å². The first-order chi connectivity index (χ1) is 7.91. The van der Waals surface area contributed by atoms with E-state index < -0.39 is 0 Å². The van der Waals surface area contributed by atoms with Crippen LogP contribution in [0.2, 0.25) is 0 Å². The molecule has 0 N–H and O–H groups in total. The maximum Gasteiger partial charge on any atom is 0 e. The Morgan fingerprint density at radius 3 is 1.12 bits per heavy atom. The first-order valence-electron chi connectivity index (χ1n) is 7.71. The second-order valence-corrected chi connectivity index (χ2v) is 5.10. The molecular formula is C16H33Co. The maximum absolute atomic E-state index is 3.87. The van der Waals surface area contributed by atoms with E-state index in [1.54, 1.807) is 0 Å². The molecule has 0 aliphatic carbocycles. The molecule has 0 heterocycles. The zero-order chi connectivity index (χ0) is 11.9. The molecule has 0 nitrogen and oxygen atoms in total. The fraction of sp³-hybridized carbons (Fsp3) is 0.938. The van der Waals surface area contributed by atoms with Gasteiger partial charge in [0.25, 0.3) is 0 Å². The summed E-state index contributed by atoms with van der Waals surface area (Å²) in [6, 6.07) is 0. The summed E-state index contributed by atoms with van der Waals surface area (Å²) in [5.74, 6) is 0. The van der Waals surface area contributed by atoms with E-state index >= 15 is 0 Å². The van der Waals surface area contributed by atoms with Crippen molar-refractivity contribution >= 4 is 0 Å². The Balaban J connectivity index is 0. The molecule has 0 unspecified atom stereocenters. The summed E-state index contributed by atoms with van der Waals surface area (Å²) >= 11 is 0. The summed E-state index contributed by atoms with van der Waals surface area (Å²) in [5.41, 5.74) is 0. The second kappa shape index (κ2) is 18.9. The molecule has 106 valence electrons. The Morgan fingerprint density at radius 2 is 0.824 bits per heavy atom. The van der Waals surface area contributed by atoms with Crippen LogP contribution in [-0.4, -0.2) is 0 Å². The van der Waals surface area contributed by atoms with Crippen LogP contribution in [0.5, 0.6) is 0 Å². The van der Waals surface area contributed by atoms with Crippen LogP contribution < -0.4 is 0 Å². The first-order valence-corrected chi connectivity index (χ1v) is 7.71. The van der Waals surface area contributed by atoms with Crippen LogP contribution in [-0.2, 0) is 16.8 Å². The summed E-state index contributed by atoms with van der Waals surface area (Å²) in [7, 11) is 0. The van der Waals surface area contributed by atoms with Gasteiger partial charge in [0, 0.05) is 16.8 Å². The van der Waals surface area contributed by atoms with Crippen molar-refractivity contribution in [2.75, 3.05) is 0 Å². The van der Waals surface area contributed by atoms with E-state index in [9.17, 15) is 0 Å². The molecular weight excluding hydrogens is 251 g/mol. The molecule has 0 atom stereocenters. The third kappa shape index (κ3) is 19.0. The predicted molar refractivity (Wildman–Crippen MR) is 75.7 cm³/mol. The van der Waals surface area contributed by atoms with Gasteiger partial charge >= 0.3 is 0 Å². The molecule has 1 heteroatoms. The molecule has 2 radical (unpaired) electrons. The minimum atomic E-state index is 0. The third-order valence-corrected chi connectivity index (χ3v) is 3.35.